The average molecular weight is 247 g/mol. The number of nitrogens with two attached hydrogens (primary N) is 2. The topological polar surface area (TPSA) is 72.3 Å². The number of hydrogen-bond donors (Lipinski definition) is 2. The molecule has 0 saturated carbocycles. The van der Waals surface area contributed by atoms with E-state index in [0.29, 0.717) is 0 Å². The van der Waals surface area contributed by atoms with Gasteiger partial charge in [-0.25, -0.2) is 0 Å². The van der Waals surface area contributed by atoms with E-state index >= 15 is 0 Å². The molecule has 1 aromatic rings. The molecule has 0 radical (unpaired) electrons. The Balaban J connectivity index is 2.03. The molecule has 0 spiro atoms. The van der Waals surface area contributed by atoms with Gasteiger partial charge in [0.05, 0.1) is 0 Å². The summed E-state index contributed by atoms with van der Waals surface area (Å²) in [4.78, 5) is 13.4. The largest absolute Gasteiger partial charge is 0.370 e. The Hall–Kier alpha value is -1.39. The summed E-state index contributed by atoms with van der Waals surface area (Å²) in [6, 6.07) is 10.5. The van der Waals surface area contributed by atoms with Gasteiger partial charge in [0.25, 0.3) is 0 Å². The monoisotopic (exact) mass is 247 g/mol. The summed E-state index contributed by atoms with van der Waals surface area (Å²) in [6.45, 7) is 3.87. The molecule has 1 fully saturated rings. The van der Waals surface area contributed by atoms with Crippen LogP contribution in [0, 0.1) is 0 Å². The predicted octanol–water partition coefficient (Wildman–Crippen LogP) is 0.854. The van der Waals surface area contributed by atoms with Crippen molar-refractivity contribution >= 4 is 5.91 Å². The van der Waals surface area contributed by atoms with Crippen molar-refractivity contribution < 1.29 is 4.79 Å². The zero-order valence-corrected chi connectivity index (χ0v) is 10.8. The standard InChI is InChI=1S/C14H21N3O/c1-11-14(16,9-13(15)18)7-8-17(11)10-12-5-3-2-4-6-12/h2-6,11H,7-10,16H2,1H3,(H2,15,18). The second-order valence-electron chi connectivity index (χ2n) is 5.26. The lowest BCUT2D eigenvalue weighted by Gasteiger charge is -2.31. The number of primary amides is 1. The molecule has 1 aromatic carbocycles. The third-order valence-electron chi connectivity index (χ3n) is 3.98. The Labute approximate surface area is 108 Å². The molecular weight excluding hydrogens is 226 g/mol. The van der Waals surface area contributed by atoms with Crippen LogP contribution in [0.25, 0.3) is 0 Å². The highest BCUT2D eigenvalue weighted by atomic mass is 16.1. The van der Waals surface area contributed by atoms with Crippen LogP contribution in [0.4, 0.5) is 0 Å². The minimum absolute atomic E-state index is 0.171. The van der Waals surface area contributed by atoms with Gasteiger partial charge in [-0.15, -0.1) is 0 Å². The van der Waals surface area contributed by atoms with E-state index in [9.17, 15) is 4.79 Å². The van der Waals surface area contributed by atoms with Gasteiger partial charge in [-0.3, -0.25) is 9.69 Å². The van der Waals surface area contributed by atoms with Crippen LogP contribution in [0.1, 0.15) is 25.3 Å². The zero-order chi connectivity index (χ0) is 13.2. The van der Waals surface area contributed by atoms with Gasteiger partial charge in [0, 0.05) is 31.1 Å². The molecule has 2 rings (SSSR count). The van der Waals surface area contributed by atoms with Gasteiger partial charge in [-0.2, -0.15) is 0 Å². The second-order valence-corrected chi connectivity index (χ2v) is 5.26. The Morgan fingerprint density at radius 2 is 2.11 bits per heavy atom. The average Bonchev–Trinajstić information content (AvgIpc) is 2.58. The zero-order valence-electron chi connectivity index (χ0n) is 10.8. The minimum atomic E-state index is -0.472. The van der Waals surface area contributed by atoms with E-state index < -0.39 is 5.54 Å². The number of carbonyl (C=O) groups excluding carboxylic acids is 1. The maximum Gasteiger partial charge on any atom is 0.219 e. The van der Waals surface area contributed by atoms with Crippen LogP contribution >= 0.6 is 0 Å². The smallest absolute Gasteiger partial charge is 0.219 e. The van der Waals surface area contributed by atoms with Gasteiger partial charge in [-0.1, -0.05) is 30.3 Å². The third kappa shape index (κ3) is 2.71. The van der Waals surface area contributed by atoms with Crippen LogP contribution in [-0.2, 0) is 11.3 Å². The van der Waals surface area contributed by atoms with E-state index in [1.54, 1.807) is 0 Å². The molecule has 1 saturated heterocycles. The van der Waals surface area contributed by atoms with E-state index in [1.165, 1.54) is 5.56 Å². The fourth-order valence-corrected chi connectivity index (χ4v) is 2.71. The van der Waals surface area contributed by atoms with E-state index in [2.05, 4.69) is 24.0 Å². The minimum Gasteiger partial charge on any atom is -0.370 e. The molecular formula is C14H21N3O. The molecule has 1 aliphatic heterocycles. The maximum atomic E-state index is 11.1. The molecule has 2 unspecified atom stereocenters. The molecule has 0 bridgehead atoms. The highest BCUT2D eigenvalue weighted by Crippen LogP contribution is 2.30. The van der Waals surface area contributed by atoms with Crippen molar-refractivity contribution in [1.82, 2.24) is 4.90 Å². The second kappa shape index (κ2) is 5.08. The normalized spacial score (nSPS) is 28.4. The van der Waals surface area contributed by atoms with Gasteiger partial charge in [0.1, 0.15) is 0 Å². The van der Waals surface area contributed by atoms with Gasteiger partial charge >= 0.3 is 0 Å². The molecule has 0 aromatic heterocycles. The predicted molar refractivity (Wildman–Crippen MR) is 71.7 cm³/mol. The van der Waals surface area contributed by atoms with Crippen molar-refractivity contribution in [2.75, 3.05) is 6.54 Å². The van der Waals surface area contributed by atoms with Crippen molar-refractivity contribution in [1.29, 1.82) is 0 Å². The van der Waals surface area contributed by atoms with Crippen molar-refractivity contribution in [2.24, 2.45) is 11.5 Å². The molecule has 1 aliphatic rings. The van der Waals surface area contributed by atoms with Crippen molar-refractivity contribution in [3.8, 4) is 0 Å². The Morgan fingerprint density at radius 3 is 2.72 bits per heavy atom. The van der Waals surface area contributed by atoms with Crippen LogP contribution in [0.3, 0.4) is 0 Å². The number of benzene rings is 1. The van der Waals surface area contributed by atoms with E-state index in [4.69, 9.17) is 11.5 Å². The van der Waals surface area contributed by atoms with Crippen LogP contribution in [0.2, 0.25) is 0 Å². The summed E-state index contributed by atoms with van der Waals surface area (Å²) in [6.07, 6.45) is 1.09. The van der Waals surface area contributed by atoms with Gasteiger partial charge < -0.3 is 11.5 Å². The van der Waals surface area contributed by atoms with Crippen LogP contribution in [0.5, 0.6) is 0 Å². The number of rotatable bonds is 4. The molecule has 4 N–H and O–H groups in total. The molecule has 4 heteroatoms. The first-order valence-corrected chi connectivity index (χ1v) is 6.36. The molecule has 0 aliphatic carbocycles. The van der Waals surface area contributed by atoms with E-state index in [0.717, 1.165) is 19.5 Å². The lowest BCUT2D eigenvalue weighted by atomic mass is 9.88. The van der Waals surface area contributed by atoms with Gasteiger partial charge in [-0.05, 0) is 18.9 Å². The summed E-state index contributed by atoms with van der Waals surface area (Å²) in [5.41, 5.74) is 12.4. The van der Waals surface area contributed by atoms with E-state index in [1.807, 2.05) is 18.2 Å². The molecule has 1 amide bonds. The number of hydrogen-bond acceptors (Lipinski definition) is 3. The highest BCUT2D eigenvalue weighted by Gasteiger charge is 2.42. The first kappa shape index (κ1) is 13.1. The number of amides is 1. The van der Waals surface area contributed by atoms with Gasteiger partial charge in [0.2, 0.25) is 5.91 Å². The molecule has 1 heterocycles. The van der Waals surface area contributed by atoms with Gasteiger partial charge in [0.15, 0.2) is 0 Å². The third-order valence-corrected chi connectivity index (χ3v) is 3.98. The summed E-state index contributed by atoms with van der Waals surface area (Å²) >= 11 is 0. The number of likely N-dealkylation sites (tertiary alicyclic amines) is 1. The van der Waals surface area contributed by atoms with Crippen LogP contribution in [-0.4, -0.2) is 28.9 Å². The fourth-order valence-electron chi connectivity index (χ4n) is 2.71. The van der Waals surface area contributed by atoms with Crippen LogP contribution in [0.15, 0.2) is 30.3 Å². The quantitative estimate of drug-likeness (QED) is 0.828. The fraction of sp³-hybridized carbons (Fsp3) is 0.500. The highest BCUT2D eigenvalue weighted by molar-refractivity contribution is 5.75. The van der Waals surface area contributed by atoms with Crippen molar-refractivity contribution in [3.05, 3.63) is 35.9 Å². The first-order chi connectivity index (χ1) is 8.51. The van der Waals surface area contributed by atoms with Crippen molar-refractivity contribution in [3.63, 3.8) is 0 Å². The summed E-state index contributed by atoms with van der Waals surface area (Å²) in [5, 5.41) is 0. The number of carbonyl (C=O) groups is 1. The number of nitrogens with zero attached hydrogens (tertiary/aromatic N) is 1. The molecule has 18 heavy (non-hydrogen) atoms. The summed E-state index contributed by atoms with van der Waals surface area (Å²) in [7, 11) is 0. The summed E-state index contributed by atoms with van der Waals surface area (Å²) < 4.78 is 0. The first-order valence-electron chi connectivity index (χ1n) is 6.36. The molecule has 2 atom stereocenters. The Kier molecular flexibility index (Phi) is 3.68. The van der Waals surface area contributed by atoms with E-state index in [-0.39, 0.29) is 18.4 Å². The lowest BCUT2D eigenvalue weighted by Crippen LogP contribution is -2.51. The van der Waals surface area contributed by atoms with Crippen molar-refractivity contribution in [2.45, 2.75) is 37.9 Å². The Morgan fingerprint density at radius 1 is 1.44 bits per heavy atom. The SMILES string of the molecule is CC1N(Cc2ccccc2)CCC1(N)CC(N)=O. The summed E-state index contributed by atoms with van der Waals surface area (Å²) in [5.74, 6) is -0.314. The molecule has 4 nitrogen and oxygen atoms in total. The van der Waals surface area contributed by atoms with Crippen LogP contribution < -0.4 is 11.5 Å². The lowest BCUT2D eigenvalue weighted by molar-refractivity contribution is -0.119. The maximum absolute atomic E-state index is 11.1. The molecule has 98 valence electrons. The Bertz CT molecular complexity index is 420.